The molecule has 0 bridgehead atoms. The van der Waals surface area contributed by atoms with Crippen LogP contribution in [-0.4, -0.2) is 29.8 Å². The summed E-state index contributed by atoms with van der Waals surface area (Å²) in [5.74, 6) is -0.839. The summed E-state index contributed by atoms with van der Waals surface area (Å²) in [5.41, 5.74) is 1.09. The van der Waals surface area contributed by atoms with Crippen LogP contribution in [-0.2, 0) is 11.3 Å². The molecule has 1 saturated carbocycles. The number of ether oxygens (including phenoxy) is 1. The van der Waals surface area contributed by atoms with E-state index in [9.17, 15) is 4.79 Å². The van der Waals surface area contributed by atoms with E-state index in [1.54, 1.807) is 6.07 Å². The Kier molecular flexibility index (Phi) is 4.37. The fraction of sp³-hybridized carbons (Fsp3) is 0.615. The molecular formula is C13H19NO3S. The average molecular weight is 269 g/mol. The third-order valence-corrected chi connectivity index (χ3v) is 4.39. The van der Waals surface area contributed by atoms with Crippen LogP contribution in [0, 0.1) is 6.92 Å². The van der Waals surface area contributed by atoms with E-state index in [-0.39, 0.29) is 0 Å². The third-order valence-electron chi connectivity index (χ3n) is 3.31. The summed E-state index contributed by atoms with van der Waals surface area (Å²) < 4.78 is 5.50. The first-order valence-corrected chi connectivity index (χ1v) is 7.09. The van der Waals surface area contributed by atoms with Crippen LogP contribution in [0.1, 0.15) is 39.9 Å². The van der Waals surface area contributed by atoms with Gasteiger partial charge in [0.05, 0.1) is 6.10 Å². The summed E-state index contributed by atoms with van der Waals surface area (Å²) in [7, 11) is 0. The Balaban J connectivity index is 1.79. The second-order valence-corrected chi connectivity index (χ2v) is 5.88. The molecule has 0 amide bonds. The van der Waals surface area contributed by atoms with Gasteiger partial charge in [0.2, 0.25) is 0 Å². The zero-order valence-corrected chi connectivity index (χ0v) is 11.5. The van der Waals surface area contributed by atoms with Gasteiger partial charge in [-0.3, -0.25) is 0 Å². The molecule has 0 aliphatic heterocycles. The van der Waals surface area contributed by atoms with Gasteiger partial charge in [0, 0.05) is 24.1 Å². The Hall–Kier alpha value is -0.910. The molecule has 1 aliphatic rings. The van der Waals surface area contributed by atoms with Gasteiger partial charge >= 0.3 is 5.97 Å². The maximum Gasteiger partial charge on any atom is 0.345 e. The molecule has 0 aromatic carbocycles. The molecule has 1 aliphatic carbocycles. The molecule has 1 aromatic rings. The Morgan fingerprint density at radius 2 is 2.33 bits per heavy atom. The average Bonchev–Trinajstić information content (AvgIpc) is 2.63. The van der Waals surface area contributed by atoms with Gasteiger partial charge in [-0.05, 0) is 38.3 Å². The molecule has 1 fully saturated rings. The first-order chi connectivity index (χ1) is 8.60. The first kappa shape index (κ1) is 13.5. The van der Waals surface area contributed by atoms with Gasteiger partial charge in [0.1, 0.15) is 4.88 Å². The molecule has 1 aromatic heterocycles. The van der Waals surface area contributed by atoms with Gasteiger partial charge in [-0.15, -0.1) is 11.3 Å². The highest BCUT2D eigenvalue weighted by atomic mass is 32.1. The number of rotatable bonds is 6. The van der Waals surface area contributed by atoms with E-state index >= 15 is 0 Å². The summed E-state index contributed by atoms with van der Waals surface area (Å²) in [5, 5.41) is 12.4. The number of carboxylic acid groups (broad SMARTS) is 1. The van der Waals surface area contributed by atoms with Crippen molar-refractivity contribution in [3.8, 4) is 0 Å². The minimum atomic E-state index is -0.839. The molecule has 0 unspecified atom stereocenters. The van der Waals surface area contributed by atoms with E-state index in [1.165, 1.54) is 11.3 Å². The summed E-state index contributed by atoms with van der Waals surface area (Å²) >= 11 is 1.34. The third kappa shape index (κ3) is 3.10. The van der Waals surface area contributed by atoms with Crippen LogP contribution in [0.15, 0.2) is 6.07 Å². The van der Waals surface area contributed by atoms with Crippen molar-refractivity contribution >= 4 is 17.3 Å². The Morgan fingerprint density at radius 1 is 1.61 bits per heavy atom. The predicted molar refractivity (Wildman–Crippen MR) is 71.3 cm³/mol. The van der Waals surface area contributed by atoms with Crippen molar-refractivity contribution in [2.24, 2.45) is 0 Å². The molecule has 2 rings (SSSR count). The van der Waals surface area contributed by atoms with Crippen molar-refractivity contribution in [3.05, 3.63) is 21.4 Å². The van der Waals surface area contributed by atoms with Crippen LogP contribution < -0.4 is 5.32 Å². The van der Waals surface area contributed by atoms with E-state index in [4.69, 9.17) is 9.84 Å². The van der Waals surface area contributed by atoms with E-state index < -0.39 is 5.97 Å². The van der Waals surface area contributed by atoms with Gasteiger partial charge in [-0.2, -0.15) is 0 Å². The molecule has 1 heterocycles. The Morgan fingerprint density at radius 3 is 2.89 bits per heavy atom. The van der Waals surface area contributed by atoms with Crippen LogP contribution in [0.3, 0.4) is 0 Å². The molecule has 2 N–H and O–H groups in total. The zero-order valence-electron chi connectivity index (χ0n) is 10.7. The summed E-state index contributed by atoms with van der Waals surface area (Å²) in [6.07, 6.45) is 2.52. The molecule has 0 saturated heterocycles. The number of carboxylic acids is 1. The van der Waals surface area contributed by atoms with Crippen molar-refractivity contribution in [1.29, 1.82) is 0 Å². The van der Waals surface area contributed by atoms with E-state index in [2.05, 4.69) is 5.32 Å². The van der Waals surface area contributed by atoms with Crippen molar-refractivity contribution < 1.29 is 14.6 Å². The Labute approximate surface area is 111 Å². The molecule has 0 atom stereocenters. The van der Waals surface area contributed by atoms with E-state index in [1.807, 2.05) is 13.8 Å². The highest BCUT2D eigenvalue weighted by Gasteiger charge is 2.29. The topological polar surface area (TPSA) is 58.6 Å². The fourth-order valence-electron chi connectivity index (χ4n) is 2.16. The number of hydrogen-bond acceptors (Lipinski definition) is 4. The molecule has 5 heteroatoms. The monoisotopic (exact) mass is 269 g/mol. The number of hydrogen-bond donors (Lipinski definition) is 2. The normalized spacial score (nSPS) is 22.8. The lowest BCUT2D eigenvalue weighted by Gasteiger charge is -2.35. The van der Waals surface area contributed by atoms with Crippen molar-refractivity contribution in [1.82, 2.24) is 5.32 Å². The van der Waals surface area contributed by atoms with Gasteiger partial charge in [0.15, 0.2) is 0 Å². The number of aromatic carboxylic acids is 1. The SMILES string of the molecule is CCOC1CC(NCc2cc(C(=O)O)sc2C)C1. The van der Waals surface area contributed by atoms with E-state index in [0.717, 1.165) is 36.4 Å². The summed E-state index contributed by atoms with van der Waals surface area (Å²) in [6, 6.07) is 2.28. The summed E-state index contributed by atoms with van der Waals surface area (Å²) in [4.78, 5) is 12.4. The molecule has 0 radical (unpaired) electrons. The highest BCUT2D eigenvalue weighted by Crippen LogP contribution is 2.25. The molecule has 4 nitrogen and oxygen atoms in total. The van der Waals surface area contributed by atoms with Gasteiger partial charge in [-0.1, -0.05) is 0 Å². The lowest BCUT2D eigenvalue weighted by Crippen LogP contribution is -2.45. The molecule has 0 spiro atoms. The zero-order chi connectivity index (χ0) is 13.1. The van der Waals surface area contributed by atoms with Crippen molar-refractivity contribution in [2.45, 2.75) is 45.4 Å². The lowest BCUT2D eigenvalue weighted by atomic mass is 9.89. The van der Waals surface area contributed by atoms with Gasteiger partial charge in [-0.25, -0.2) is 4.79 Å². The highest BCUT2D eigenvalue weighted by molar-refractivity contribution is 7.14. The number of nitrogens with one attached hydrogen (secondary N) is 1. The lowest BCUT2D eigenvalue weighted by molar-refractivity contribution is -0.0102. The van der Waals surface area contributed by atoms with Crippen molar-refractivity contribution in [2.75, 3.05) is 6.61 Å². The van der Waals surface area contributed by atoms with Crippen LogP contribution in [0.4, 0.5) is 0 Å². The van der Waals surface area contributed by atoms with Gasteiger partial charge < -0.3 is 15.2 Å². The van der Waals surface area contributed by atoms with Crippen LogP contribution >= 0.6 is 11.3 Å². The van der Waals surface area contributed by atoms with Crippen molar-refractivity contribution in [3.63, 3.8) is 0 Å². The minimum absolute atomic E-state index is 0.408. The van der Waals surface area contributed by atoms with Crippen LogP contribution in [0.25, 0.3) is 0 Å². The minimum Gasteiger partial charge on any atom is -0.477 e. The maximum atomic E-state index is 10.9. The number of thiophene rings is 1. The molecule has 100 valence electrons. The second kappa shape index (κ2) is 5.82. The standard InChI is InChI=1S/C13H19NO3S/c1-3-17-11-5-10(6-11)14-7-9-4-12(13(15)16)18-8(9)2/h4,10-11,14H,3,5-7H2,1-2H3,(H,15,16). The molecule has 18 heavy (non-hydrogen) atoms. The maximum absolute atomic E-state index is 10.9. The smallest absolute Gasteiger partial charge is 0.345 e. The first-order valence-electron chi connectivity index (χ1n) is 6.27. The second-order valence-electron chi connectivity index (χ2n) is 4.62. The Bertz CT molecular complexity index is 424. The van der Waals surface area contributed by atoms with Crippen LogP contribution in [0.2, 0.25) is 0 Å². The van der Waals surface area contributed by atoms with Gasteiger partial charge in [0.25, 0.3) is 0 Å². The number of carbonyl (C=O) groups is 1. The largest absolute Gasteiger partial charge is 0.477 e. The van der Waals surface area contributed by atoms with E-state index in [0.29, 0.717) is 17.0 Å². The molecular weight excluding hydrogens is 250 g/mol. The fourth-order valence-corrected chi connectivity index (χ4v) is 3.04. The number of aryl methyl sites for hydroxylation is 1. The summed E-state index contributed by atoms with van der Waals surface area (Å²) in [6.45, 7) is 5.52. The van der Waals surface area contributed by atoms with Crippen LogP contribution in [0.5, 0.6) is 0 Å². The quantitative estimate of drug-likeness (QED) is 0.832. The predicted octanol–water partition coefficient (Wildman–Crippen LogP) is 2.41.